The Labute approximate surface area is 138 Å². The summed E-state index contributed by atoms with van der Waals surface area (Å²) in [4.78, 5) is 14.6. The van der Waals surface area contributed by atoms with Crippen LogP contribution >= 0.6 is 15.9 Å². The minimum atomic E-state index is -0.111. The second kappa shape index (κ2) is 6.94. The number of anilines is 2. The standard InChI is InChI=1S/C17H17BrN2O2/c18-14-4-1-3-13(11-14)17(21)19-15-5-2-6-16(12-15)20-7-9-22-10-8-20/h1-6,11-12H,7-10H2,(H,19,21). The van der Waals surface area contributed by atoms with Crippen LogP contribution in [0.4, 0.5) is 11.4 Å². The molecule has 2 aromatic rings. The number of benzene rings is 2. The lowest BCUT2D eigenvalue weighted by Crippen LogP contribution is -2.36. The molecule has 22 heavy (non-hydrogen) atoms. The van der Waals surface area contributed by atoms with Gasteiger partial charge in [-0.3, -0.25) is 4.79 Å². The molecule has 0 aliphatic carbocycles. The van der Waals surface area contributed by atoms with Gasteiger partial charge in [0.15, 0.2) is 0 Å². The fourth-order valence-corrected chi connectivity index (χ4v) is 2.83. The van der Waals surface area contributed by atoms with Crippen LogP contribution in [0.2, 0.25) is 0 Å². The second-order valence-electron chi connectivity index (χ2n) is 5.11. The van der Waals surface area contributed by atoms with E-state index in [1.165, 1.54) is 0 Å². The Kier molecular flexibility index (Phi) is 4.75. The smallest absolute Gasteiger partial charge is 0.255 e. The van der Waals surface area contributed by atoms with Crippen molar-refractivity contribution in [2.75, 3.05) is 36.5 Å². The van der Waals surface area contributed by atoms with Crippen molar-refractivity contribution in [3.8, 4) is 0 Å². The summed E-state index contributed by atoms with van der Waals surface area (Å²) in [6, 6.07) is 15.3. The van der Waals surface area contributed by atoms with Gasteiger partial charge in [-0.2, -0.15) is 0 Å². The van der Waals surface area contributed by atoms with Crippen molar-refractivity contribution in [1.29, 1.82) is 0 Å². The maximum Gasteiger partial charge on any atom is 0.255 e. The quantitative estimate of drug-likeness (QED) is 0.909. The molecular weight excluding hydrogens is 344 g/mol. The highest BCUT2D eigenvalue weighted by Gasteiger charge is 2.12. The molecule has 5 heteroatoms. The highest BCUT2D eigenvalue weighted by molar-refractivity contribution is 9.10. The molecule has 1 heterocycles. The Bertz CT molecular complexity index is 669. The Balaban J connectivity index is 1.73. The van der Waals surface area contributed by atoms with Crippen LogP contribution in [0.3, 0.4) is 0 Å². The molecule has 1 saturated heterocycles. The molecule has 2 aromatic carbocycles. The summed E-state index contributed by atoms with van der Waals surface area (Å²) in [6.07, 6.45) is 0. The van der Waals surface area contributed by atoms with E-state index < -0.39 is 0 Å². The third kappa shape index (κ3) is 3.67. The average Bonchev–Trinajstić information content (AvgIpc) is 2.56. The fraction of sp³-hybridized carbons (Fsp3) is 0.235. The van der Waals surface area contributed by atoms with E-state index in [0.29, 0.717) is 5.56 Å². The number of hydrogen-bond acceptors (Lipinski definition) is 3. The zero-order chi connectivity index (χ0) is 15.4. The molecule has 0 bridgehead atoms. The van der Waals surface area contributed by atoms with Crippen molar-refractivity contribution in [3.63, 3.8) is 0 Å². The van der Waals surface area contributed by atoms with Crippen molar-refractivity contribution in [3.05, 3.63) is 58.6 Å². The minimum absolute atomic E-state index is 0.111. The number of ether oxygens (including phenoxy) is 1. The number of carbonyl (C=O) groups excluding carboxylic acids is 1. The van der Waals surface area contributed by atoms with Crippen molar-refractivity contribution < 1.29 is 9.53 Å². The van der Waals surface area contributed by atoms with Crippen LogP contribution in [0.1, 0.15) is 10.4 Å². The molecule has 1 fully saturated rings. The number of halogens is 1. The van der Waals surface area contributed by atoms with Crippen LogP contribution < -0.4 is 10.2 Å². The first kappa shape index (κ1) is 15.1. The van der Waals surface area contributed by atoms with Gasteiger partial charge >= 0.3 is 0 Å². The molecule has 0 spiro atoms. The van der Waals surface area contributed by atoms with E-state index >= 15 is 0 Å². The van der Waals surface area contributed by atoms with E-state index in [2.05, 4.69) is 32.2 Å². The van der Waals surface area contributed by atoms with Crippen LogP contribution in [-0.4, -0.2) is 32.2 Å². The van der Waals surface area contributed by atoms with Crippen LogP contribution in [-0.2, 0) is 4.74 Å². The van der Waals surface area contributed by atoms with Crippen molar-refractivity contribution in [2.24, 2.45) is 0 Å². The zero-order valence-corrected chi connectivity index (χ0v) is 13.7. The zero-order valence-electron chi connectivity index (χ0n) is 12.1. The molecule has 0 radical (unpaired) electrons. The van der Waals surface area contributed by atoms with Gasteiger partial charge in [0.2, 0.25) is 0 Å². The van der Waals surface area contributed by atoms with Crippen molar-refractivity contribution in [1.82, 2.24) is 0 Å². The normalized spacial score (nSPS) is 14.7. The number of morpholine rings is 1. The number of nitrogens with one attached hydrogen (secondary N) is 1. The lowest BCUT2D eigenvalue weighted by Gasteiger charge is -2.29. The molecular formula is C17H17BrN2O2. The lowest BCUT2D eigenvalue weighted by molar-refractivity contribution is 0.102. The first-order chi connectivity index (χ1) is 10.7. The van der Waals surface area contributed by atoms with Gasteiger partial charge in [0, 0.05) is 34.5 Å². The van der Waals surface area contributed by atoms with E-state index in [1.54, 1.807) is 12.1 Å². The predicted molar refractivity (Wildman–Crippen MR) is 91.6 cm³/mol. The van der Waals surface area contributed by atoms with Gasteiger partial charge in [0.1, 0.15) is 0 Å². The molecule has 0 saturated carbocycles. The Morgan fingerprint density at radius 1 is 1.09 bits per heavy atom. The van der Waals surface area contributed by atoms with Crippen LogP contribution in [0.5, 0.6) is 0 Å². The molecule has 114 valence electrons. The van der Waals surface area contributed by atoms with E-state index in [-0.39, 0.29) is 5.91 Å². The average molecular weight is 361 g/mol. The first-order valence-electron chi connectivity index (χ1n) is 7.22. The molecule has 0 unspecified atom stereocenters. The molecule has 1 aliphatic rings. The number of carbonyl (C=O) groups is 1. The van der Waals surface area contributed by atoms with Crippen LogP contribution in [0, 0.1) is 0 Å². The van der Waals surface area contributed by atoms with E-state index in [4.69, 9.17) is 4.74 Å². The van der Waals surface area contributed by atoms with Gasteiger partial charge in [0.05, 0.1) is 13.2 Å². The highest BCUT2D eigenvalue weighted by Crippen LogP contribution is 2.21. The van der Waals surface area contributed by atoms with Crippen LogP contribution in [0.15, 0.2) is 53.0 Å². The van der Waals surface area contributed by atoms with Gasteiger partial charge in [0.25, 0.3) is 5.91 Å². The summed E-state index contributed by atoms with van der Waals surface area (Å²) >= 11 is 3.38. The molecule has 1 N–H and O–H groups in total. The van der Waals surface area contributed by atoms with Gasteiger partial charge in [-0.15, -0.1) is 0 Å². The molecule has 0 aromatic heterocycles. The number of nitrogens with zero attached hydrogens (tertiary/aromatic N) is 1. The van der Waals surface area contributed by atoms with Crippen molar-refractivity contribution in [2.45, 2.75) is 0 Å². The molecule has 1 aliphatic heterocycles. The Morgan fingerprint density at radius 2 is 1.86 bits per heavy atom. The third-order valence-electron chi connectivity index (χ3n) is 3.57. The topological polar surface area (TPSA) is 41.6 Å². The highest BCUT2D eigenvalue weighted by atomic mass is 79.9. The summed E-state index contributed by atoms with van der Waals surface area (Å²) in [5.74, 6) is -0.111. The number of rotatable bonds is 3. The molecule has 0 atom stereocenters. The lowest BCUT2D eigenvalue weighted by atomic mass is 10.2. The minimum Gasteiger partial charge on any atom is -0.378 e. The second-order valence-corrected chi connectivity index (χ2v) is 6.03. The maximum absolute atomic E-state index is 12.3. The third-order valence-corrected chi connectivity index (χ3v) is 4.06. The Morgan fingerprint density at radius 3 is 2.64 bits per heavy atom. The summed E-state index contributed by atoms with van der Waals surface area (Å²) in [6.45, 7) is 3.25. The number of hydrogen-bond donors (Lipinski definition) is 1. The number of amides is 1. The monoisotopic (exact) mass is 360 g/mol. The summed E-state index contributed by atoms with van der Waals surface area (Å²) in [5, 5.41) is 2.95. The molecule has 1 amide bonds. The maximum atomic E-state index is 12.3. The fourth-order valence-electron chi connectivity index (χ4n) is 2.43. The summed E-state index contributed by atoms with van der Waals surface area (Å²) < 4.78 is 6.26. The first-order valence-corrected chi connectivity index (χ1v) is 8.01. The summed E-state index contributed by atoms with van der Waals surface area (Å²) in [7, 11) is 0. The largest absolute Gasteiger partial charge is 0.378 e. The Hall–Kier alpha value is -1.85. The van der Waals surface area contributed by atoms with E-state index in [0.717, 1.165) is 42.2 Å². The predicted octanol–water partition coefficient (Wildman–Crippen LogP) is 3.54. The van der Waals surface area contributed by atoms with Gasteiger partial charge in [-0.1, -0.05) is 28.1 Å². The van der Waals surface area contributed by atoms with E-state index in [1.807, 2.05) is 30.3 Å². The molecule has 4 nitrogen and oxygen atoms in total. The summed E-state index contributed by atoms with van der Waals surface area (Å²) in [5.41, 5.74) is 2.54. The van der Waals surface area contributed by atoms with Gasteiger partial charge in [-0.25, -0.2) is 0 Å². The SMILES string of the molecule is O=C(Nc1cccc(N2CCOCC2)c1)c1cccc(Br)c1. The van der Waals surface area contributed by atoms with E-state index in [9.17, 15) is 4.79 Å². The van der Waals surface area contributed by atoms with Gasteiger partial charge < -0.3 is 15.0 Å². The van der Waals surface area contributed by atoms with Gasteiger partial charge in [-0.05, 0) is 36.4 Å². The van der Waals surface area contributed by atoms with Crippen LogP contribution in [0.25, 0.3) is 0 Å². The molecule has 3 rings (SSSR count). The van der Waals surface area contributed by atoms with Crippen molar-refractivity contribution >= 4 is 33.2 Å².